The minimum Gasteiger partial charge on any atom is -0.465 e. The highest BCUT2D eigenvalue weighted by atomic mass is 32.1. The number of amides is 1. The number of rotatable bonds is 4. The highest BCUT2D eigenvalue weighted by Gasteiger charge is 2.15. The van der Waals surface area contributed by atoms with Crippen molar-refractivity contribution in [2.75, 3.05) is 12.5 Å². The molecule has 26 heavy (non-hydrogen) atoms. The summed E-state index contributed by atoms with van der Waals surface area (Å²) in [4.78, 5) is 37.8. The van der Waals surface area contributed by atoms with Crippen molar-refractivity contribution >= 4 is 40.1 Å². The summed E-state index contributed by atoms with van der Waals surface area (Å²) < 4.78 is 5.78. The maximum atomic E-state index is 12.6. The van der Waals surface area contributed by atoms with E-state index >= 15 is 0 Å². The lowest BCUT2D eigenvalue weighted by molar-refractivity contribution is -0.112. The number of fused-ring (bicyclic) bond motifs is 1. The number of benzene rings is 1. The second-order valence-electron chi connectivity index (χ2n) is 5.53. The molecule has 0 saturated heterocycles. The smallest absolute Gasteiger partial charge is 0.340 e. The summed E-state index contributed by atoms with van der Waals surface area (Å²) >= 11 is 1.52. The Bertz CT molecular complexity index is 1080. The van der Waals surface area contributed by atoms with Crippen molar-refractivity contribution in [3.05, 3.63) is 74.3 Å². The van der Waals surface area contributed by atoms with Gasteiger partial charge in [-0.05, 0) is 36.1 Å². The predicted molar refractivity (Wildman–Crippen MR) is 102 cm³/mol. The van der Waals surface area contributed by atoms with Gasteiger partial charge in [0.05, 0.1) is 12.7 Å². The van der Waals surface area contributed by atoms with Crippen LogP contribution in [0, 0.1) is 6.92 Å². The molecule has 0 aliphatic heterocycles. The number of hydrogen-bond donors (Lipinski definition) is 1. The SMILES string of the molecule is COC(=O)c1cn(NC(=O)/C=C/c2sccc2C)c(=O)c2ccccc12. The molecule has 3 aromatic rings. The Balaban J connectivity index is 1.97. The van der Waals surface area contributed by atoms with Gasteiger partial charge in [-0.3, -0.25) is 15.0 Å². The number of esters is 1. The summed E-state index contributed by atoms with van der Waals surface area (Å²) in [5.41, 5.74) is 3.31. The zero-order valence-electron chi connectivity index (χ0n) is 14.2. The molecule has 0 aliphatic rings. The topological polar surface area (TPSA) is 77.4 Å². The molecular formula is C19H16N2O4S. The molecule has 0 atom stereocenters. The highest BCUT2D eigenvalue weighted by Crippen LogP contribution is 2.17. The largest absolute Gasteiger partial charge is 0.465 e. The van der Waals surface area contributed by atoms with Gasteiger partial charge in [0.2, 0.25) is 0 Å². The Morgan fingerprint density at radius 3 is 2.58 bits per heavy atom. The molecule has 0 spiro atoms. The van der Waals surface area contributed by atoms with Gasteiger partial charge in [-0.1, -0.05) is 18.2 Å². The molecule has 0 saturated carbocycles. The first-order valence-electron chi connectivity index (χ1n) is 7.77. The second-order valence-corrected chi connectivity index (χ2v) is 6.48. The van der Waals surface area contributed by atoms with Gasteiger partial charge >= 0.3 is 5.97 Å². The second kappa shape index (κ2) is 7.37. The quantitative estimate of drug-likeness (QED) is 0.567. The van der Waals surface area contributed by atoms with Crippen LogP contribution in [-0.4, -0.2) is 23.7 Å². The van der Waals surface area contributed by atoms with Gasteiger partial charge < -0.3 is 4.74 Å². The number of thiophene rings is 1. The first kappa shape index (κ1) is 17.6. The Kier molecular flexibility index (Phi) is 4.99. The van der Waals surface area contributed by atoms with Crippen LogP contribution >= 0.6 is 11.3 Å². The molecule has 6 nitrogen and oxygen atoms in total. The van der Waals surface area contributed by atoms with Crippen molar-refractivity contribution < 1.29 is 14.3 Å². The number of pyridine rings is 1. The van der Waals surface area contributed by atoms with E-state index in [-0.39, 0.29) is 5.56 Å². The van der Waals surface area contributed by atoms with E-state index in [9.17, 15) is 14.4 Å². The summed E-state index contributed by atoms with van der Waals surface area (Å²) in [5, 5.41) is 2.72. The van der Waals surface area contributed by atoms with Crippen LogP contribution in [0.15, 0.2) is 52.8 Å². The molecule has 0 aliphatic carbocycles. The van der Waals surface area contributed by atoms with Gasteiger partial charge in [0.25, 0.3) is 11.5 Å². The third-order valence-corrected chi connectivity index (χ3v) is 4.83. The van der Waals surface area contributed by atoms with Gasteiger partial charge in [-0.15, -0.1) is 11.3 Å². The van der Waals surface area contributed by atoms with Crippen LogP contribution in [0.5, 0.6) is 0 Å². The lowest BCUT2D eigenvalue weighted by Crippen LogP contribution is -2.33. The number of nitrogens with one attached hydrogen (secondary N) is 1. The van der Waals surface area contributed by atoms with Gasteiger partial charge in [0.15, 0.2) is 0 Å². The maximum Gasteiger partial charge on any atom is 0.340 e. The van der Waals surface area contributed by atoms with Gasteiger partial charge in [-0.2, -0.15) is 0 Å². The van der Waals surface area contributed by atoms with Crippen LogP contribution in [0.2, 0.25) is 0 Å². The number of aryl methyl sites for hydroxylation is 1. The van der Waals surface area contributed by atoms with E-state index in [1.807, 2.05) is 18.4 Å². The molecule has 3 rings (SSSR count). The molecule has 2 aromatic heterocycles. The average molecular weight is 368 g/mol. The molecule has 7 heteroatoms. The van der Waals surface area contributed by atoms with Crippen LogP contribution in [0.25, 0.3) is 16.8 Å². The number of nitrogens with zero attached hydrogens (tertiary/aromatic N) is 1. The fraction of sp³-hybridized carbons (Fsp3) is 0.105. The zero-order valence-corrected chi connectivity index (χ0v) is 15.0. The van der Waals surface area contributed by atoms with E-state index in [4.69, 9.17) is 4.74 Å². The van der Waals surface area contributed by atoms with Crippen molar-refractivity contribution in [1.82, 2.24) is 4.68 Å². The summed E-state index contributed by atoms with van der Waals surface area (Å²) in [5.74, 6) is -1.07. The normalized spacial score (nSPS) is 11.0. The molecule has 0 radical (unpaired) electrons. The molecule has 0 bridgehead atoms. The van der Waals surface area contributed by atoms with E-state index < -0.39 is 17.4 Å². The third kappa shape index (κ3) is 3.43. The van der Waals surface area contributed by atoms with Crippen molar-refractivity contribution in [2.24, 2.45) is 0 Å². The van der Waals surface area contributed by atoms with Crippen LogP contribution in [0.1, 0.15) is 20.8 Å². The predicted octanol–water partition coefficient (Wildman–Crippen LogP) is 2.94. The van der Waals surface area contributed by atoms with Gasteiger partial charge in [0.1, 0.15) is 0 Å². The average Bonchev–Trinajstić information content (AvgIpc) is 3.06. The van der Waals surface area contributed by atoms with Gasteiger partial charge in [0, 0.05) is 27.9 Å². The molecule has 0 unspecified atom stereocenters. The van der Waals surface area contributed by atoms with Crippen LogP contribution in [-0.2, 0) is 9.53 Å². The summed E-state index contributed by atoms with van der Waals surface area (Å²) in [6, 6.07) is 8.63. The minimum atomic E-state index is -0.589. The number of methoxy groups -OCH3 is 1. The van der Waals surface area contributed by atoms with E-state index in [0.717, 1.165) is 15.1 Å². The molecule has 2 heterocycles. The number of ether oxygens (including phenoxy) is 1. The lowest BCUT2D eigenvalue weighted by Gasteiger charge is -2.11. The first-order chi connectivity index (χ1) is 12.5. The summed E-state index contributed by atoms with van der Waals surface area (Å²) in [6.07, 6.45) is 4.31. The van der Waals surface area contributed by atoms with Crippen molar-refractivity contribution in [1.29, 1.82) is 0 Å². The Labute approximate surface area is 153 Å². The van der Waals surface area contributed by atoms with E-state index in [0.29, 0.717) is 10.8 Å². The Morgan fingerprint density at radius 2 is 1.92 bits per heavy atom. The van der Waals surface area contributed by atoms with Crippen LogP contribution in [0.4, 0.5) is 0 Å². The van der Waals surface area contributed by atoms with Crippen molar-refractivity contribution in [2.45, 2.75) is 6.92 Å². The molecular weight excluding hydrogens is 352 g/mol. The van der Waals surface area contributed by atoms with Crippen LogP contribution < -0.4 is 11.0 Å². The first-order valence-corrected chi connectivity index (χ1v) is 8.65. The molecule has 1 aromatic carbocycles. The number of hydrogen-bond acceptors (Lipinski definition) is 5. The van der Waals surface area contributed by atoms with E-state index in [1.54, 1.807) is 30.3 Å². The Hall–Kier alpha value is -3.19. The number of carbonyl (C=O) groups excluding carboxylic acids is 2. The van der Waals surface area contributed by atoms with E-state index in [2.05, 4.69) is 5.43 Å². The minimum absolute atomic E-state index is 0.195. The molecule has 1 N–H and O–H groups in total. The Morgan fingerprint density at radius 1 is 1.19 bits per heavy atom. The highest BCUT2D eigenvalue weighted by molar-refractivity contribution is 7.11. The van der Waals surface area contributed by atoms with Crippen molar-refractivity contribution in [3.63, 3.8) is 0 Å². The standard InChI is InChI=1S/C19H16N2O4S/c1-12-9-10-26-16(12)7-8-17(22)20-21-11-15(19(24)25-2)13-5-3-4-6-14(13)18(21)23/h3-11H,1-2H3,(H,20,22)/b8-7+. The lowest BCUT2D eigenvalue weighted by atomic mass is 10.1. The molecule has 0 fully saturated rings. The fourth-order valence-corrected chi connectivity index (χ4v) is 3.33. The number of carbonyl (C=O) groups is 2. The van der Waals surface area contributed by atoms with E-state index in [1.165, 1.54) is 30.7 Å². The maximum absolute atomic E-state index is 12.6. The van der Waals surface area contributed by atoms with Crippen molar-refractivity contribution in [3.8, 4) is 0 Å². The van der Waals surface area contributed by atoms with Gasteiger partial charge in [-0.25, -0.2) is 9.47 Å². The molecule has 132 valence electrons. The molecule has 1 amide bonds. The fourth-order valence-electron chi connectivity index (χ4n) is 2.51. The monoisotopic (exact) mass is 368 g/mol. The zero-order chi connectivity index (χ0) is 18.7. The van der Waals surface area contributed by atoms with Crippen LogP contribution in [0.3, 0.4) is 0 Å². The third-order valence-electron chi connectivity index (χ3n) is 3.85. The summed E-state index contributed by atoms with van der Waals surface area (Å²) in [6.45, 7) is 1.95. The number of aromatic nitrogens is 1. The summed E-state index contributed by atoms with van der Waals surface area (Å²) in [7, 11) is 1.26.